The fraction of sp³-hybridized carbons (Fsp3) is 0.412. The van der Waals surface area contributed by atoms with E-state index in [1.807, 2.05) is 0 Å². The summed E-state index contributed by atoms with van der Waals surface area (Å²) in [5.41, 5.74) is -4.39. The smallest absolute Gasteiger partial charge is 0.416 e. The van der Waals surface area contributed by atoms with Gasteiger partial charge in [0.2, 0.25) is 5.78 Å². The summed E-state index contributed by atoms with van der Waals surface area (Å²) in [4.78, 5) is 35.2. The number of Topliss-reactive ketones (excluding diaryl/α,β-unsaturated/α-hetero) is 2. The second-order valence-electron chi connectivity index (χ2n) is 6.38. The molecule has 0 aliphatic heterocycles. The highest BCUT2D eigenvalue weighted by molar-refractivity contribution is 6.28. The first-order valence-electron chi connectivity index (χ1n) is 7.57. The van der Waals surface area contributed by atoms with Crippen LogP contribution in [0.4, 0.5) is 18.9 Å². The van der Waals surface area contributed by atoms with Gasteiger partial charge in [0.1, 0.15) is 11.1 Å². The minimum absolute atomic E-state index is 0.128. The van der Waals surface area contributed by atoms with E-state index in [-0.39, 0.29) is 12.7 Å². The van der Waals surface area contributed by atoms with Crippen LogP contribution < -0.4 is 0 Å². The molecular weight excluding hydrogens is 355 g/mol. The standard InChI is InChI=1S/C17H18F3NO5/c1-5-26-9-12(15(23)16(2,3)4)14(22)11-7-6-10(17(18,19)20)8-13(11)21(24)25/h6-9H,5H2,1-4H3. The number of allylic oxidation sites excluding steroid dienone is 1. The van der Waals surface area contributed by atoms with E-state index >= 15 is 0 Å². The Hall–Kier alpha value is -2.71. The monoisotopic (exact) mass is 373 g/mol. The van der Waals surface area contributed by atoms with Crippen LogP contribution >= 0.6 is 0 Å². The number of nitro groups is 1. The fourth-order valence-electron chi connectivity index (χ4n) is 1.98. The lowest BCUT2D eigenvalue weighted by Crippen LogP contribution is -2.27. The van der Waals surface area contributed by atoms with E-state index in [2.05, 4.69) is 0 Å². The number of hydrogen-bond donors (Lipinski definition) is 0. The van der Waals surface area contributed by atoms with Gasteiger partial charge in [-0.05, 0) is 19.1 Å². The summed E-state index contributed by atoms with van der Waals surface area (Å²) in [5, 5.41) is 11.2. The molecule has 0 radical (unpaired) electrons. The Labute approximate surface area is 147 Å². The molecule has 0 fully saturated rings. The lowest BCUT2D eigenvalue weighted by Gasteiger charge is -2.18. The number of nitro benzene ring substituents is 1. The number of ether oxygens (including phenoxy) is 1. The molecule has 0 N–H and O–H groups in total. The van der Waals surface area contributed by atoms with Gasteiger partial charge in [0.05, 0.1) is 23.4 Å². The van der Waals surface area contributed by atoms with Crippen molar-refractivity contribution >= 4 is 17.3 Å². The summed E-state index contributed by atoms with van der Waals surface area (Å²) in [7, 11) is 0. The molecule has 9 heteroatoms. The van der Waals surface area contributed by atoms with Crippen LogP contribution in [0.1, 0.15) is 43.6 Å². The molecule has 0 unspecified atom stereocenters. The van der Waals surface area contributed by atoms with Crippen molar-refractivity contribution in [1.29, 1.82) is 0 Å². The number of carbonyl (C=O) groups excluding carboxylic acids is 2. The Morgan fingerprint density at radius 2 is 1.81 bits per heavy atom. The Balaban J connectivity index is 3.53. The zero-order chi connectivity index (χ0) is 20.3. The summed E-state index contributed by atoms with van der Waals surface area (Å²) < 4.78 is 43.3. The van der Waals surface area contributed by atoms with Crippen LogP contribution in [0.25, 0.3) is 0 Å². The summed E-state index contributed by atoms with van der Waals surface area (Å²) >= 11 is 0. The van der Waals surface area contributed by atoms with E-state index in [1.54, 1.807) is 6.92 Å². The summed E-state index contributed by atoms with van der Waals surface area (Å²) in [6, 6.07) is 1.52. The highest BCUT2D eigenvalue weighted by atomic mass is 19.4. The molecule has 0 bridgehead atoms. The number of alkyl halides is 3. The summed E-state index contributed by atoms with van der Waals surface area (Å²) in [6.45, 7) is 6.32. The second-order valence-corrected chi connectivity index (χ2v) is 6.38. The molecule has 1 aromatic carbocycles. The second kappa shape index (κ2) is 7.67. The molecule has 0 amide bonds. The molecule has 0 aliphatic carbocycles. The summed E-state index contributed by atoms with van der Waals surface area (Å²) in [6.07, 6.45) is -3.92. The third-order valence-electron chi connectivity index (χ3n) is 3.30. The first-order valence-corrected chi connectivity index (χ1v) is 7.57. The van der Waals surface area contributed by atoms with Gasteiger partial charge in [0.25, 0.3) is 5.69 Å². The molecule has 142 valence electrons. The topological polar surface area (TPSA) is 86.5 Å². The van der Waals surface area contributed by atoms with E-state index < -0.39 is 50.5 Å². The molecule has 0 aliphatic rings. The lowest BCUT2D eigenvalue weighted by molar-refractivity contribution is -0.385. The number of carbonyl (C=O) groups is 2. The maximum atomic E-state index is 12.8. The molecule has 0 spiro atoms. The van der Waals surface area contributed by atoms with E-state index in [0.717, 1.165) is 6.26 Å². The van der Waals surface area contributed by atoms with Gasteiger partial charge in [-0.25, -0.2) is 0 Å². The third kappa shape index (κ3) is 4.90. The van der Waals surface area contributed by atoms with Crippen molar-refractivity contribution < 1.29 is 32.4 Å². The van der Waals surface area contributed by atoms with Crippen molar-refractivity contribution in [2.24, 2.45) is 5.41 Å². The van der Waals surface area contributed by atoms with Crippen LogP contribution in [0.5, 0.6) is 0 Å². The van der Waals surface area contributed by atoms with Gasteiger partial charge in [-0.15, -0.1) is 0 Å². The average molecular weight is 373 g/mol. The number of hydrogen-bond acceptors (Lipinski definition) is 5. The van der Waals surface area contributed by atoms with Gasteiger partial charge < -0.3 is 4.74 Å². The fourth-order valence-corrected chi connectivity index (χ4v) is 1.98. The molecular formula is C17H18F3NO5. The average Bonchev–Trinajstić information content (AvgIpc) is 2.52. The Kier molecular flexibility index (Phi) is 6.29. The number of benzene rings is 1. The van der Waals surface area contributed by atoms with Gasteiger partial charge >= 0.3 is 6.18 Å². The molecule has 6 nitrogen and oxygen atoms in total. The first kappa shape index (κ1) is 21.3. The van der Waals surface area contributed by atoms with Crippen LogP contribution in [0.3, 0.4) is 0 Å². The molecule has 1 aromatic rings. The summed E-state index contributed by atoms with van der Waals surface area (Å²) in [5.74, 6) is -1.72. The molecule has 0 atom stereocenters. The van der Waals surface area contributed by atoms with Crippen LogP contribution in [0.2, 0.25) is 0 Å². The molecule has 1 rings (SSSR count). The minimum atomic E-state index is -4.81. The Morgan fingerprint density at radius 1 is 1.23 bits per heavy atom. The van der Waals surface area contributed by atoms with E-state index in [9.17, 15) is 32.9 Å². The number of ketones is 2. The van der Waals surface area contributed by atoms with Crippen molar-refractivity contribution in [3.63, 3.8) is 0 Å². The molecule has 0 aromatic heterocycles. The first-order chi connectivity index (χ1) is 11.8. The Morgan fingerprint density at radius 3 is 2.23 bits per heavy atom. The van der Waals surface area contributed by atoms with Crippen LogP contribution in [-0.2, 0) is 15.7 Å². The predicted molar refractivity (Wildman–Crippen MR) is 86.6 cm³/mol. The van der Waals surface area contributed by atoms with Crippen LogP contribution in [0.15, 0.2) is 30.0 Å². The van der Waals surface area contributed by atoms with E-state index in [1.165, 1.54) is 20.8 Å². The van der Waals surface area contributed by atoms with Crippen LogP contribution in [-0.4, -0.2) is 23.1 Å². The Bertz CT molecular complexity index is 761. The van der Waals surface area contributed by atoms with Gasteiger partial charge in [0.15, 0.2) is 5.78 Å². The number of rotatable bonds is 6. The van der Waals surface area contributed by atoms with Crippen LogP contribution in [0, 0.1) is 15.5 Å². The molecule has 0 saturated heterocycles. The highest BCUT2D eigenvalue weighted by Gasteiger charge is 2.36. The van der Waals surface area contributed by atoms with Crippen molar-refractivity contribution in [2.45, 2.75) is 33.9 Å². The molecule has 0 heterocycles. The molecule has 26 heavy (non-hydrogen) atoms. The van der Waals surface area contributed by atoms with Gasteiger partial charge in [0, 0.05) is 11.5 Å². The van der Waals surface area contributed by atoms with Crippen molar-refractivity contribution in [3.05, 3.63) is 51.3 Å². The number of halogens is 3. The number of nitrogens with zero attached hydrogens (tertiary/aromatic N) is 1. The van der Waals surface area contributed by atoms with E-state index in [4.69, 9.17) is 4.74 Å². The maximum Gasteiger partial charge on any atom is 0.416 e. The molecule has 0 saturated carbocycles. The minimum Gasteiger partial charge on any atom is -0.501 e. The van der Waals surface area contributed by atoms with Crippen molar-refractivity contribution in [2.75, 3.05) is 6.61 Å². The quantitative estimate of drug-likeness (QED) is 0.141. The van der Waals surface area contributed by atoms with Gasteiger partial charge in [-0.1, -0.05) is 20.8 Å². The third-order valence-corrected chi connectivity index (χ3v) is 3.30. The van der Waals surface area contributed by atoms with Gasteiger partial charge in [-0.3, -0.25) is 19.7 Å². The van der Waals surface area contributed by atoms with Gasteiger partial charge in [-0.2, -0.15) is 13.2 Å². The van der Waals surface area contributed by atoms with E-state index in [0.29, 0.717) is 12.1 Å². The maximum absolute atomic E-state index is 12.8. The van der Waals surface area contributed by atoms with Crippen molar-refractivity contribution in [1.82, 2.24) is 0 Å². The zero-order valence-electron chi connectivity index (χ0n) is 14.6. The SMILES string of the molecule is CCOC=C(C(=O)c1ccc(C(F)(F)F)cc1[N+](=O)[O-])C(=O)C(C)(C)C. The lowest BCUT2D eigenvalue weighted by atomic mass is 9.83. The normalized spacial score (nSPS) is 12.7. The largest absolute Gasteiger partial charge is 0.501 e. The predicted octanol–water partition coefficient (Wildman–Crippen LogP) is 4.33. The zero-order valence-corrected chi connectivity index (χ0v) is 14.6. The van der Waals surface area contributed by atoms with Crippen molar-refractivity contribution in [3.8, 4) is 0 Å². The highest BCUT2D eigenvalue weighted by Crippen LogP contribution is 2.34.